The Balaban J connectivity index is 2.05. The minimum atomic E-state index is -0.219. The first-order valence-electron chi connectivity index (χ1n) is 5.51. The van der Waals surface area contributed by atoms with Crippen molar-refractivity contribution < 1.29 is 4.39 Å². The van der Waals surface area contributed by atoms with Gasteiger partial charge in [0, 0.05) is 10.0 Å². The Bertz CT molecular complexity index is 559. The molecule has 0 amide bonds. The molecule has 2 aromatic rings. The van der Waals surface area contributed by atoms with Crippen LogP contribution >= 0.6 is 23.2 Å². The highest BCUT2D eigenvalue weighted by Gasteiger charge is 1.97. The third-order valence-electron chi connectivity index (χ3n) is 2.53. The molecule has 2 rings (SSSR count). The van der Waals surface area contributed by atoms with E-state index in [1.165, 1.54) is 12.1 Å². The first kappa shape index (κ1) is 13.1. The van der Waals surface area contributed by atoms with Gasteiger partial charge in [0.05, 0.1) is 0 Å². The average Bonchev–Trinajstić information content (AvgIpc) is 2.34. The Morgan fingerprint density at radius 3 is 2.39 bits per heavy atom. The van der Waals surface area contributed by atoms with Gasteiger partial charge in [0.1, 0.15) is 5.82 Å². The molecule has 2 aromatic carbocycles. The topological polar surface area (TPSA) is 0 Å². The highest BCUT2D eigenvalue weighted by Crippen LogP contribution is 2.22. The van der Waals surface area contributed by atoms with E-state index >= 15 is 0 Å². The van der Waals surface area contributed by atoms with E-state index in [0.717, 1.165) is 17.5 Å². The molecular formula is C15H11Cl2F. The zero-order chi connectivity index (χ0) is 13.0. The van der Waals surface area contributed by atoms with Crippen LogP contribution in [0.2, 0.25) is 10.0 Å². The van der Waals surface area contributed by atoms with Gasteiger partial charge in [-0.1, -0.05) is 53.6 Å². The molecule has 0 N–H and O–H groups in total. The molecule has 0 nitrogen and oxygen atoms in total. The Hall–Kier alpha value is -1.31. The molecule has 0 atom stereocenters. The van der Waals surface area contributed by atoms with Gasteiger partial charge < -0.3 is 0 Å². The molecule has 0 bridgehead atoms. The van der Waals surface area contributed by atoms with Crippen LogP contribution < -0.4 is 0 Å². The largest absolute Gasteiger partial charge is 0.207 e. The van der Waals surface area contributed by atoms with Crippen LogP contribution in [0.15, 0.2) is 48.5 Å². The van der Waals surface area contributed by atoms with Gasteiger partial charge in [-0.2, -0.15) is 0 Å². The molecule has 92 valence electrons. The Kier molecular flexibility index (Phi) is 4.40. The number of halogens is 3. The maximum atomic E-state index is 12.7. The molecule has 3 heteroatoms. The summed E-state index contributed by atoms with van der Waals surface area (Å²) in [5.74, 6) is -0.219. The molecule has 0 heterocycles. The van der Waals surface area contributed by atoms with Crippen molar-refractivity contribution in [2.45, 2.75) is 6.42 Å². The van der Waals surface area contributed by atoms with Crippen molar-refractivity contribution in [3.63, 3.8) is 0 Å². The van der Waals surface area contributed by atoms with Gasteiger partial charge in [0.25, 0.3) is 0 Å². The van der Waals surface area contributed by atoms with Crippen molar-refractivity contribution in [3.8, 4) is 0 Å². The standard InChI is InChI=1S/C15H11Cl2F/c16-13-7-6-12(15(17)10-13)3-1-2-11-4-8-14(18)9-5-11/h1,3-10H,2H2/b3-1+. The first-order valence-corrected chi connectivity index (χ1v) is 6.27. The summed E-state index contributed by atoms with van der Waals surface area (Å²) < 4.78 is 12.7. The zero-order valence-corrected chi connectivity index (χ0v) is 11.0. The Labute approximate surface area is 116 Å². The van der Waals surface area contributed by atoms with Crippen LogP contribution in [0.1, 0.15) is 11.1 Å². The number of rotatable bonds is 3. The molecule has 0 aliphatic heterocycles. The van der Waals surface area contributed by atoms with Crippen LogP contribution in [0.5, 0.6) is 0 Å². The molecule has 0 aliphatic rings. The molecule has 0 spiro atoms. The summed E-state index contributed by atoms with van der Waals surface area (Å²) >= 11 is 11.9. The molecule has 0 aliphatic carbocycles. The SMILES string of the molecule is Fc1ccc(C/C=C/c2ccc(Cl)cc2Cl)cc1. The van der Waals surface area contributed by atoms with E-state index in [2.05, 4.69) is 0 Å². The maximum absolute atomic E-state index is 12.7. The highest BCUT2D eigenvalue weighted by molar-refractivity contribution is 6.35. The van der Waals surface area contributed by atoms with E-state index in [9.17, 15) is 4.39 Å². The van der Waals surface area contributed by atoms with E-state index in [-0.39, 0.29) is 5.82 Å². The minimum absolute atomic E-state index is 0.219. The van der Waals surface area contributed by atoms with Crippen molar-refractivity contribution in [2.75, 3.05) is 0 Å². The lowest BCUT2D eigenvalue weighted by molar-refractivity contribution is 0.627. The van der Waals surface area contributed by atoms with Crippen molar-refractivity contribution in [1.82, 2.24) is 0 Å². The van der Waals surface area contributed by atoms with Crippen molar-refractivity contribution in [1.29, 1.82) is 0 Å². The number of benzene rings is 2. The van der Waals surface area contributed by atoms with Gasteiger partial charge >= 0.3 is 0 Å². The fourth-order valence-electron chi connectivity index (χ4n) is 1.58. The first-order chi connectivity index (χ1) is 8.65. The summed E-state index contributed by atoms with van der Waals surface area (Å²) in [6.07, 6.45) is 4.66. The van der Waals surface area contributed by atoms with Crippen molar-refractivity contribution in [2.24, 2.45) is 0 Å². The summed E-state index contributed by atoms with van der Waals surface area (Å²) in [6, 6.07) is 11.8. The van der Waals surface area contributed by atoms with E-state index in [1.807, 2.05) is 18.2 Å². The highest BCUT2D eigenvalue weighted by atomic mass is 35.5. The van der Waals surface area contributed by atoms with E-state index in [1.54, 1.807) is 24.3 Å². The number of hydrogen-bond donors (Lipinski definition) is 0. The fourth-order valence-corrected chi connectivity index (χ4v) is 2.05. The summed E-state index contributed by atoms with van der Waals surface area (Å²) in [6.45, 7) is 0. The van der Waals surface area contributed by atoms with E-state index < -0.39 is 0 Å². The number of allylic oxidation sites excluding steroid dienone is 1. The van der Waals surface area contributed by atoms with Crippen LogP contribution in [0.3, 0.4) is 0 Å². The average molecular weight is 281 g/mol. The summed E-state index contributed by atoms with van der Waals surface area (Å²) in [5, 5.41) is 1.24. The molecule has 0 saturated heterocycles. The van der Waals surface area contributed by atoms with E-state index in [4.69, 9.17) is 23.2 Å². The van der Waals surface area contributed by atoms with Gasteiger partial charge in [-0.15, -0.1) is 0 Å². The van der Waals surface area contributed by atoms with Crippen molar-refractivity contribution in [3.05, 3.63) is 75.5 Å². The lowest BCUT2D eigenvalue weighted by Crippen LogP contribution is -1.82. The molecule has 0 unspecified atom stereocenters. The van der Waals surface area contributed by atoms with Gasteiger partial charge in [0.15, 0.2) is 0 Å². The summed E-state index contributed by atoms with van der Waals surface area (Å²) in [4.78, 5) is 0. The lowest BCUT2D eigenvalue weighted by atomic mass is 10.1. The zero-order valence-electron chi connectivity index (χ0n) is 9.54. The molecule has 0 saturated carbocycles. The predicted octanol–water partition coefficient (Wildman–Crippen LogP) is 5.39. The molecular weight excluding hydrogens is 270 g/mol. The monoisotopic (exact) mass is 280 g/mol. The Morgan fingerprint density at radius 1 is 1.00 bits per heavy atom. The van der Waals surface area contributed by atoms with Gasteiger partial charge in [-0.05, 0) is 41.8 Å². The maximum Gasteiger partial charge on any atom is 0.123 e. The normalized spacial score (nSPS) is 11.1. The van der Waals surface area contributed by atoms with E-state index in [0.29, 0.717) is 10.0 Å². The second kappa shape index (κ2) is 6.03. The quantitative estimate of drug-likeness (QED) is 0.707. The summed E-state index contributed by atoms with van der Waals surface area (Å²) in [7, 11) is 0. The fraction of sp³-hybridized carbons (Fsp3) is 0.0667. The van der Waals surface area contributed by atoms with Crippen LogP contribution in [0.25, 0.3) is 6.08 Å². The molecule has 0 radical (unpaired) electrons. The minimum Gasteiger partial charge on any atom is -0.207 e. The summed E-state index contributed by atoms with van der Waals surface area (Å²) in [5.41, 5.74) is 1.97. The number of hydrogen-bond acceptors (Lipinski definition) is 0. The second-order valence-electron chi connectivity index (χ2n) is 3.90. The lowest BCUT2D eigenvalue weighted by Gasteiger charge is -1.99. The molecule has 0 aromatic heterocycles. The smallest absolute Gasteiger partial charge is 0.123 e. The second-order valence-corrected chi connectivity index (χ2v) is 4.74. The van der Waals surface area contributed by atoms with Gasteiger partial charge in [-0.3, -0.25) is 0 Å². The van der Waals surface area contributed by atoms with Crippen LogP contribution in [-0.4, -0.2) is 0 Å². The third-order valence-corrected chi connectivity index (χ3v) is 3.09. The van der Waals surface area contributed by atoms with Gasteiger partial charge in [-0.25, -0.2) is 4.39 Å². The third kappa shape index (κ3) is 3.59. The van der Waals surface area contributed by atoms with Gasteiger partial charge in [0.2, 0.25) is 0 Å². The van der Waals surface area contributed by atoms with Crippen molar-refractivity contribution >= 4 is 29.3 Å². The molecule has 18 heavy (non-hydrogen) atoms. The van der Waals surface area contributed by atoms with Crippen LogP contribution in [-0.2, 0) is 6.42 Å². The van der Waals surface area contributed by atoms with Crippen LogP contribution in [0, 0.1) is 5.82 Å². The molecule has 0 fully saturated rings. The predicted molar refractivity (Wildman–Crippen MR) is 75.6 cm³/mol. The Morgan fingerprint density at radius 2 is 1.72 bits per heavy atom. The van der Waals surface area contributed by atoms with Crippen LogP contribution in [0.4, 0.5) is 4.39 Å².